The molecule has 1 fully saturated rings. The summed E-state index contributed by atoms with van der Waals surface area (Å²) in [6.07, 6.45) is -1.12. The number of aromatic nitrogens is 1. The van der Waals surface area contributed by atoms with Crippen LogP contribution in [0.2, 0.25) is 0 Å². The normalized spacial score (nSPS) is 16.9. The molecule has 12 heteroatoms. The van der Waals surface area contributed by atoms with Crippen molar-refractivity contribution in [1.29, 1.82) is 0 Å². The van der Waals surface area contributed by atoms with Gasteiger partial charge in [0.25, 0.3) is 5.91 Å². The van der Waals surface area contributed by atoms with E-state index in [-0.39, 0.29) is 36.8 Å². The van der Waals surface area contributed by atoms with Gasteiger partial charge in [0.05, 0.1) is 4.90 Å². The lowest BCUT2D eigenvalue weighted by Gasteiger charge is -2.34. The predicted octanol–water partition coefficient (Wildman–Crippen LogP) is 2.03. The van der Waals surface area contributed by atoms with Crippen molar-refractivity contribution in [1.82, 2.24) is 15.8 Å². The SMILES string of the molecule is O=C(NO)C1(S(=O)(=O)c2ccc(SCCN[C@@H](O)c3nc4ccccc4o3)cc2)CCOCC1. The largest absolute Gasteiger partial charge is 0.436 e. The summed E-state index contributed by atoms with van der Waals surface area (Å²) in [6, 6.07) is 13.5. The number of carbonyl (C=O) groups excluding carboxylic acids is 1. The van der Waals surface area contributed by atoms with E-state index >= 15 is 0 Å². The minimum absolute atomic E-state index is 0.00635. The number of aliphatic hydroxyl groups is 1. The van der Waals surface area contributed by atoms with Gasteiger partial charge in [0.15, 0.2) is 26.4 Å². The zero-order valence-corrected chi connectivity index (χ0v) is 19.8. The molecule has 1 amide bonds. The van der Waals surface area contributed by atoms with E-state index in [9.17, 15) is 18.3 Å². The van der Waals surface area contributed by atoms with Crippen molar-refractivity contribution >= 4 is 38.6 Å². The summed E-state index contributed by atoms with van der Waals surface area (Å²) in [5, 5.41) is 22.3. The van der Waals surface area contributed by atoms with Crippen molar-refractivity contribution in [2.24, 2.45) is 0 Å². The van der Waals surface area contributed by atoms with Gasteiger partial charge in [-0.25, -0.2) is 18.9 Å². The Morgan fingerprint density at radius 2 is 1.85 bits per heavy atom. The van der Waals surface area contributed by atoms with Crippen molar-refractivity contribution in [3.8, 4) is 0 Å². The summed E-state index contributed by atoms with van der Waals surface area (Å²) in [4.78, 5) is 17.4. The number of hydrogen-bond donors (Lipinski definition) is 4. The highest BCUT2D eigenvalue weighted by molar-refractivity contribution is 7.99. The lowest BCUT2D eigenvalue weighted by atomic mass is 9.98. The number of rotatable bonds is 9. The van der Waals surface area contributed by atoms with E-state index < -0.39 is 26.7 Å². The van der Waals surface area contributed by atoms with Crippen molar-refractivity contribution in [2.75, 3.05) is 25.5 Å². The molecule has 2 aromatic carbocycles. The van der Waals surface area contributed by atoms with Crippen LogP contribution in [0.3, 0.4) is 0 Å². The van der Waals surface area contributed by atoms with Crippen LogP contribution in [0.15, 0.2) is 62.7 Å². The van der Waals surface area contributed by atoms with Gasteiger partial charge in [0.1, 0.15) is 5.52 Å². The number of oxazole rings is 1. The first kappa shape index (κ1) is 24.6. The number of benzene rings is 2. The average molecular weight is 508 g/mol. The zero-order valence-electron chi connectivity index (χ0n) is 18.1. The molecule has 1 aliphatic heterocycles. The van der Waals surface area contributed by atoms with Gasteiger partial charge in [-0.15, -0.1) is 11.8 Å². The van der Waals surface area contributed by atoms with E-state index in [1.807, 2.05) is 12.1 Å². The number of ether oxygens (including phenoxy) is 1. The van der Waals surface area contributed by atoms with Crippen LogP contribution in [-0.2, 0) is 19.4 Å². The first-order valence-corrected chi connectivity index (χ1v) is 13.1. The lowest BCUT2D eigenvalue weighted by Crippen LogP contribution is -2.54. The molecule has 0 unspecified atom stereocenters. The second-order valence-electron chi connectivity index (χ2n) is 7.75. The Morgan fingerprint density at radius 1 is 1.15 bits per heavy atom. The molecule has 0 spiro atoms. The standard InChI is InChI=1S/C22H25N3O7S2/c26-19(20-24-17-3-1-2-4-18(17)32-20)23-11-14-33-15-5-7-16(8-6-15)34(29,30)22(21(27)25-28)9-12-31-13-10-22/h1-8,19,23,26,28H,9-14H2,(H,25,27)/t19-/m0/s1. The maximum absolute atomic E-state index is 13.3. The first-order valence-electron chi connectivity index (χ1n) is 10.6. The maximum Gasteiger partial charge on any atom is 0.265 e. The highest BCUT2D eigenvalue weighted by Gasteiger charge is 2.52. The molecule has 0 bridgehead atoms. The second kappa shape index (κ2) is 10.4. The van der Waals surface area contributed by atoms with Crippen molar-refractivity contribution in [2.45, 2.75) is 33.6 Å². The van der Waals surface area contributed by atoms with Crippen LogP contribution in [0.25, 0.3) is 11.1 Å². The Kier molecular flexibility index (Phi) is 7.55. The predicted molar refractivity (Wildman–Crippen MR) is 124 cm³/mol. The molecular weight excluding hydrogens is 482 g/mol. The first-order chi connectivity index (χ1) is 16.4. The number of sulfone groups is 1. The monoisotopic (exact) mass is 507 g/mol. The fourth-order valence-corrected chi connectivity index (χ4v) is 6.54. The second-order valence-corrected chi connectivity index (χ2v) is 11.2. The van der Waals surface area contributed by atoms with Crippen LogP contribution in [0.5, 0.6) is 0 Å². The molecule has 0 radical (unpaired) electrons. The maximum atomic E-state index is 13.3. The molecule has 1 aromatic heterocycles. The third-order valence-electron chi connectivity index (χ3n) is 5.72. The smallest absolute Gasteiger partial charge is 0.265 e. The molecular formula is C22H25N3O7S2. The van der Waals surface area contributed by atoms with Crippen molar-refractivity contribution < 1.29 is 32.7 Å². The van der Waals surface area contributed by atoms with Crippen LogP contribution in [0.1, 0.15) is 25.0 Å². The number of aliphatic hydroxyl groups excluding tert-OH is 1. The van der Waals surface area contributed by atoms with E-state index in [1.54, 1.807) is 24.3 Å². The number of thioether (sulfide) groups is 1. The molecule has 4 N–H and O–H groups in total. The molecule has 3 aromatic rings. The van der Waals surface area contributed by atoms with E-state index in [2.05, 4.69) is 10.3 Å². The summed E-state index contributed by atoms with van der Waals surface area (Å²) in [5.74, 6) is -0.162. The minimum atomic E-state index is -4.05. The Hall–Kier alpha value is -2.48. The Labute approximate surface area is 200 Å². The van der Waals surface area contributed by atoms with Crippen molar-refractivity contribution in [3.63, 3.8) is 0 Å². The Morgan fingerprint density at radius 3 is 2.53 bits per heavy atom. The Balaban J connectivity index is 1.34. The molecule has 1 saturated heterocycles. The van der Waals surface area contributed by atoms with Crippen LogP contribution in [0.4, 0.5) is 0 Å². The quantitative estimate of drug-likeness (QED) is 0.111. The van der Waals surface area contributed by atoms with Gasteiger partial charge in [-0.2, -0.15) is 0 Å². The molecule has 4 rings (SSSR count). The Bertz CT molecular complexity index is 1210. The highest BCUT2D eigenvalue weighted by Crippen LogP contribution is 2.36. The molecule has 1 aliphatic rings. The summed E-state index contributed by atoms with van der Waals surface area (Å²) in [5.41, 5.74) is 2.78. The molecule has 2 heterocycles. The van der Waals surface area contributed by atoms with E-state index in [1.165, 1.54) is 29.4 Å². The van der Waals surface area contributed by atoms with Crippen LogP contribution < -0.4 is 10.8 Å². The van der Waals surface area contributed by atoms with E-state index in [0.29, 0.717) is 23.4 Å². The third-order valence-corrected chi connectivity index (χ3v) is 9.25. The highest BCUT2D eigenvalue weighted by atomic mass is 32.2. The van der Waals surface area contributed by atoms with Crippen LogP contribution >= 0.6 is 11.8 Å². The molecule has 0 aliphatic carbocycles. The van der Waals surface area contributed by atoms with Gasteiger partial charge in [-0.3, -0.25) is 15.3 Å². The molecule has 182 valence electrons. The van der Waals surface area contributed by atoms with Gasteiger partial charge in [0, 0.05) is 30.4 Å². The van der Waals surface area contributed by atoms with Crippen LogP contribution in [-0.4, -0.2) is 59.9 Å². The molecule has 34 heavy (non-hydrogen) atoms. The average Bonchev–Trinajstić information content (AvgIpc) is 3.31. The topological polar surface area (TPSA) is 151 Å². The van der Waals surface area contributed by atoms with E-state index in [4.69, 9.17) is 14.4 Å². The van der Waals surface area contributed by atoms with Gasteiger partial charge >= 0.3 is 0 Å². The number of para-hydroxylation sites is 2. The van der Waals surface area contributed by atoms with Gasteiger partial charge in [-0.05, 0) is 49.2 Å². The van der Waals surface area contributed by atoms with E-state index in [0.717, 1.165) is 4.90 Å². The van der Waals surface area contributed by atoms with Gasteiger partial charge in [-0.1, -0.05) is 12.1 Å². The van der Waals surface area contributed by atoms with Gasteiger partial charge < -0.3 is 14.3 Å². The van der Waals surface area contributed by atoms with Gasteiger partial charge in [0.2, 0.25) is 5.89 Å². The summed E-state index contributed by atoms with van der Waals surface area (Å²) >= 11 is 1.47. The number of carbonyl (C=O) groups is 1. The molecule has 0 saturated carbocycles. The number of nitrogens with zero attached hydrogens (tertiary/aromatic N) is 1. The fourth-order valence-electron chi connectivity index (χ4n) is 3.82. The zero-order chi connectivity index (χ0) is 24.2. The van der Waals surface area contributed by atoms with Crippen LogP contribution in [0, 0.1) is 0 Å². The number of nitrogens with one attached hydrogen (secondary N) is 2. The lowest BCUT2D eigenvalue weighted by molar-refractivity contribution is -0.134. The number of hydroxylamine groups is 1. The van der Waals surface area contributed by atoms with Crippen molar-refractivity contribution in [3.05, 3.63) is 54.4 Å². The summed E-state index contributed by atoms with van der Waals surface area (Å²) in [7, 11) is -4.05. The summed E-state index contributed by atoms with van der Waals surface area (Å²) in [6.45, 7) is 0.677. The third kappa shape index (κ3) is 4.83. The summed E-state index contributed by atoms with van der Waals surface area (Å²) < 4.78 is 35.5. The number of fused-ring (bicyclic) bond motifs is 1. The number of hydrogen-bond acceptors (Lipinski definition) is 10. The molecule has 1 atom stereocenters. The minimum Gasteiger partial charge on any atom is -0.436 e. The number of amides is 1. The molecule has 10 nitrogen and oxygen atoms in total. The fraction of sp³-hybridized carbons (Fsp3) is 0.364.